The van der Waals surface area contributed by atoms with Gasteiger partial charge in [0.15, 0.2) is 5.78 Å². The number of rotatable bonds is 3. The summed E-state index contributed by atoms with van der Waals surface area (Å²) in [6.07, 6.45) is 3.10. The summed E-state index contributed by atoms with van der Waals surface area (Å²) >= 11 is 1.41. The van der Waals surface area contributed by atoms with E-state index in [-0.39, 0.29) is 11.5 Å². The fourth-order valence-corrected chi connectivity index (χ4v) is 1.94. The highest BCUT2D eigenvalue weighted by atomic mass is 32.1. The Hall–Kier alpha value is -1.87. The van der Waals surface area contributed by atoms with E-state index >= 15 is 0 Å². The first-order valence-electron chi connectivity index (χ1n) is 4.81. The molecule has 2 aromatic rings. The highest BCUT2D eigenvalue weighted by Gasteiger charge is 2.02. The number of allylic oxidation sites excluding steroid dienone is 1. The molecule has 0 saturated heterocycles. The Bertz CT molecular complexity index is 512. The van der Waals surface area contributed by atoms with E-state index in [0.717, 1.165) is 0 Å². The molecule has 0 radical (unpaired) electrons. The van der Waals surface area contributed by atoms with E-state index in [2.05, 4.69) is 0 Å². The first kappa shape index (κ1) is 10.6. The van der Waals surface area contributed by atoms with Crippen molar-refractivity contribution >= 4 is 23.2 Å². The Balaban J connectivity index is 2.16. The lowest BCUT2D eigenvalue weighted by atomic mass is 10.1. The number of carbonyl (C=O) groups excluding carboxylic acids is 1. The molecular weight excluding hydrogens is 220 g/mol. The highest BCUT2D eigenvalue weighted by molar-refractivity contribution is 7.12. The summed E-state index contributed by atoms with van der Waals surface area (Å²) in [5.41, 5.74) is 0.646. The van der Waals surface area contributed by atoms with Crippen molar-refractivity contribution in [1.29, 1.82) is 0 Å². The van der Waals surface area contributed by atoms with Crippen LogP contribution >= 0.6 is 11.3 Å². The summed E-state index contributed by atoms with van der Waals surface area (Å²) in [5.74, 6) is 0.135. The van der Waals surface area contributed by atoms with Crippen LogP contribution in [0.2, 0.25) is 0 Å². The van der Waals surface area contributed by atoms with Crippen molar-refractivity contribution in [3.63, 3.8) is 0 Å². The van der Waals surface area contributed by atoms with E-state index in [4.69, 9.17) is 0 Å². The number of aromatic hydroxyl groups is 1. The van der Waals surface area contributed by atoms with Crippen LogP contribution in [0.1, 0.15) is 15.2 Å². The third kappa shape index (κ3) is 2.38. The average Bonchev–Trinajstić information content (AvgIpc) is 2.81. The van der Waals surface area contributed by atoms with Crippen LogP contribution in [0.4, 0.5) is 0 Å². The number of hydrogen-bond donors (Lipinski definition) is 1. The molecule has 16 heavy (non-hydrogen) atoms. The normalized spacial score (nSPS) is 10.8. The van der Waals surface area contributed by atoms with E-state index in [1.165, 1.54) is 17.4 Å². The van der Waals surface area contributed by atoms with Gasteiger partial charge in [-0.05, 0) is 29.7 Å². The number of ketones is 1. The van der Waals surface area contributed by atoms with E-state index in [1.807, 2.05) is 17.5 Å². The molecular formula is C13H10O2S. The molecule has 1 aromatic carbocycles. The number of phenolic OH excluding ortho intramolecular Hbond substituents is 1. The second kappa shape index (κ2) is 4.77. The third-order valence-electron chi connectivity index (χ3n) is 2.12. The molecule has 1 heterocycles. The molecule has 2 nitrogen and oxygen atoms in total. The lowest BCUT2D eigenvalue weighted by Gasteiger charge is -1.96. The molecule has 2 rings (SSSR count). The Morgan fingerprint density at radius 2 is 2.00 bits per heavy atom. The average molecular weight is 230 g/mol. The molecule has 3 heteroatoms. The lowest BCUT2D eigenvalue weighted by Crippen LogP contribution is -1.88. The molecule has 0 saturated carbocycles. The fraction of sp³-hybridized carbons (Fsp3) is 0. The topological polar surface area (TPSA) is 37.3 Å². The lowest BCUT2D eigenvalue weighted by molar-refractivity contribution is 0.105. The molecule has 0 aliphatic rings. The molecule has 0 bridgehead atoms. The maximum atomic E-state index is 11.6. The number of hydrogen-bond acceptors (Lipinski definition) is 3. The molecule has 0 spiro atoms. The maximum Gasteiger partial charge on any atom is 0.195 e. The van der Waals surface area contributed by atoms with Gasteiger partial charge in [-0.2, -0.15) is 0 Å². The van der Waals surface area contributed by atoms with Gasteiger partial charge in [0.2, 0.25) is 0 Å². The fourth-order valence-electron chi connectivity index (χ4n) is 1.29. The van der Waals surface area contributed by atoms with Crippen LogP contribution < -0.4 is 0 Å². The summed E-state index contributed by atoms with van der Waals surface area (Å²) in [4.78, 5) is 12.3. The van der Waals surface area contributed by atoms with Gasteiger partial charge < -0.3 is 5.11 Å². The van der Waals surface area contributed by atoms with Crippen molar-refractivity contribution in [2.75, 3.05) is 0 Å². The second-order valence-electron chi connectivity index (χ2n) is 3.23. The van der Waals surface area contributed by atoms with Gasteiger partial charge >= 0.3 is 0 Å². The molecule has 0 unspecified atom stereocenters. The Morgan fingerprint density at radius 3 is 2.69 bits per heavy atom. The van der Waals surface area contributed by atoms with E-state index < -0.39 is 0 Å². The zero-order valence-electron chi connectivity index (χ0n) is 8.46. The maximum absolute atomic E-state index is 11.6. The van der Waals surface area contributed by atoms with E-state index in [9.17, 15) is 9.90 Å². The van der Waals surface area contributed by atoms with Crippen LogP contribution in [0.5, 0.6) is 5.75 Å². The number of phenols is 1. The van der Waals surface area contributed by atoms with Crippen LogP contribution in [-0.4, -0.2) is 10.9 Å². The summed E-state index contributed by atoms with van der Waals surface area (Å²) in [7, 11) is 0. The minimum atomic E-state index is -0.0433. The van der Waals surface area contributed by atoms with Gasteiger partial charge in [0, 0.05) is 5.56 Å². The second-order valence-corrected chi connectivity index (χ2v) is 4.18. The number of benzene rings is 1. The van der Waals surface area contributed by atoms with Crippen LogP contribution in [-0.2, 0) is 0 Å². The Kier molecular flexibility index (Phi) is 3.17. The van der Waals surface area contributed by atoms with Crippen molar-refractivity contribution < 1.29 is 9.90 Å². The Morgan fingerprint density at radius 1 is 1.19 bits per heavy atom. The monoisotopic (exact) mass is 230 g/mol. The number of thiophene rings is 1. The van der Waals surface area contributed by atoms with Gasteiger partial charge in [-0.25, -0.2) is 0 Å². The van der Waals surface area contributed by atoms with Gasteiger partial charge in [0.1, 0.15) is 5.75 Å². The van der Waals surface area contributed by atoms with Crippen molar-refractivity contribution in [3.05, 3.63) is 58.3 Å². The summed E-state index contributed by atoms with van der Waals surface area (Å²) in [6, 6.07) is 10.5. The zero-order valence-corrected chi connectivity index (χ0v) is 9.28. The Labute approximate surface area is 97.5 Å². The van der Waals surface area contributed by atoms with Gasteiger partial charge in [-0.3, -0.25) is 4.79 Å². The van der Waals surface area contributed by atoms with E-state index in [1.54, 1.807) is 30.3 Å². The first-order chi connectivity index (χ1) is 7.77. The summed E-state index contributed by atoms with van der Waals surface area (Å²) in [6.45, 7) is 0. The highest BCUT2D eigenvalue weighted by Crippen LogP contribution is 2.18. The summed E-state index contributed by atoms with van der Waals surface area (Å²) in [5, 5.41) is 11.4. The molecule has 0 aliphatic heterocycles. The minimum Gasteiger partial charge on any atom is -0.507 e. The standard InChI is InChI=1S/C13H10O2S/c14-11-5-2-1-4-10(11)7-8-12(15)13-6-3-9-16-13/h1-9,14H/b8-7+. The molecule has 1 aromatic heterocycles. The van der Waals surface area contributed by atoms with Crippen LogP contribution in [0.15, 0.2) is 47.9 Å². The molecule has 0 fully saturated rings. The van der Waals surface area contributed by atoms with Gasteiger partial charge in [-0.15, -0.1) is 11.3 Å². The van der Waals surface area contributed by atoms with Crippen molar-refractivity contribution in [3.8, 4) is 5.75 Å². The van der Waals surface area contributed by atoms with Crippen LogP contribution in [0.25, 0.3) is 6.08 Å². The quantitative estimate of drug-likeness (QED) is 0.648. The van der Waals surface area contributed by atoms with Crippen LogP contribution in [0.3, 0.4) is 0 Å². The predicted octanol–water partition coefficient (Wildman–Crippen LogP) is 3.35. The van der Waals surface area contributed by atoms with Crippen molar-refractivity contribution in [2.24, 2.45) is 0 Å². The number of carbonyl (C=O) groups is 1. The largest absolute Gasteiger partial charge is 0.507 e. The predicted molar refractivity (Wildman–Crippen MR) is 65.8 cm³/mol. The van der Waals surface area contributed by atoms with Gasteiger partial charge in [0.05, 0.1) is 4.88 Å². The molecule has 1 N–H and O–H groups in total. The third-order valence-corrected chi connectivity index (χ3v) is 3.00. The van der Waals surface area contributed by atoms with Gasteiger partial charge in [-0.1, -0.05) is 24.3 Å². The SMILES string of the molecule is O=C(/C=C/c1ccccc1O)c1cccs1. The van der Waals surface area contributed by atoms with E-state index in [0.29, 0.717) is 10.4 Å². The first-order valence-corrected chi connectivity index (χ1v) is 5.69. The van der Waals surface area contributed by atoms with Crippen molar-refractivity contribution in [2.45, 2.75) is 0 Å². The molecule has 0 amide bonds. The zero-order chi connectivity index (χ0) is 11.4. The number of para-hydroxylation sites is 1. The molecule has 0 atom stereocenters. The summed E-state index contributed by atoms with van der Waals surface area (Å²) < 4.78 is 0. The molecule has 0 aliphatic carbocycles. The smallest absolute Gasteiger partial charge is 0.195 e. The van der Waals surface area contributed by atoms with Crippen molar-refractivity contribution in [1.82, 2.24) is 0 Å². The molecule has 80 valence electrons. The minimum absolute atomic E-state index is 0.0433. The van der Waals surface area contributed by atoms with Crippen LogP contribution in [0, 0.1) is 0 Å². The van der Waals surface area contributed by atoms with Gasteiger partial charge in [0.25, 0.3) is 0 Å².